The van der Waals surface area contributed by atoms with Crippen LogP contribution in [-0.4, -0.2) is 23.1 Å². The van der Waals surface area contributed by atoms with E-state index >= 15 is 0 Å². The first-order chi connectivity index (χ1) is 54.5. The summed E-state index contributed by atoms with van der Waals surface area (Å²) in [6.07, 6.45) is 7.03. The van der Waals surface area contributed by atoms with Crippen LogP contribution in [-0.2, 0) is 34.1 Å². The van der Waals surface area contributed by atoms with Crippen LogP contribution in [0.25, 0.3) is 0 Å². The molecule has 6 nitrogen and oxygen atoms in total. The summed E-state index contributed by atoms with van der Waals surface area (Å²) in [6.45, 7) is 0. The van der Waals surface area contributed by atoms with E-state index in [0.29, 0.717) is 0 Å². The van der Waals surface area contributed by atoms with Crippen molar-refractivity contribution in [3.8, 4) is 23.0 Å². The molecule has 0 radical (unpaired) electrons. The molecule has 0 saturated heterocycles. The summed E-state index contributed by atoms with van der Waals surface area (Å²) in [5.74, 6) is 3.70. The molecule has 2 heterocycles. The van der Waals surface area contributed by atoms with Gasteiger partial charge in [-0.1, -0.05) is 255 Å². The maximum atomic E-state index is 6.94. The summed E-state index contributed by atoms with van der Waals surface area (Å²) < 4.78 is 13.9. The van der Waals surface area contributed by atoms with Crippen molar-refractivity contribution in [3.05, 3.63) is 448 Å². The van der Waals surface area contributed by atoms with Gasteiger partial charge in [0.1, 0.15) is 95.3 Å². The van der Waals surface area contributed by atoms with Crippen molar-refractivity contribution in [3.63, 3.8) is 0 Å². The van der Waals surface area contributed by atoms with Gasteiger partial charge in [-0.2, -0.15) is 12.4 Å². The molecule has 0 spiro atoms. The van der Waals surface area contributed by atoms with Crippen molar-refractivity contribution in [1.29, 1.82) is 0 Å². The molecule has 112 heavy (non-hydrogen) atoms. The molecule has 16 aromatic rings. The van der Waals surface area contributed by atoms with Gasteiger partial charge in [-0.25, -0.2) is 0 Å². The van der Waals surface area contributed by atoms with E-state index in [1.54, 1.807) is 24.8 Å². The Kier molecular flexibility index (Phi) is 37.9. The minimum Gasteiger partial charge on any atom is -0.663 e. The third-order valence-corrected chi connectivity index (χ3v) is 28.0. The van der Waals surface area contributed by atoms with Gasteiger partial charge in [0.2, 0.25) is 0 Å². The summed E-state index contributed by atoms with van der Waals surface area (Å²) in [7, 11) is -5.12. The molecule has 0 N–H and O–H groups in total. The number of halogens is 4. The Bertz CT molecular complexity index is 4530. The second-order valence-electron chi connectivity index (χ2n) is 24.1. The van der Waals surface area contributed by atoms with E-state index in [1.807, 2.05) is 84.9 Å². The van der Waals surface area contributed by atoms with Gasteiger partial charge >= 0.3 is 34.1 Å². The van der Waals surface area contributed by atoms with Crippen LogP contribution < -0.4 is 83.1 Å². The number of aliphatic imine (C=N–C) groups is 2. The van der Waals surface area contributed by atoms with Gasteiger partial charge in [0, 0.05) is 12.4 Å². The first-order valence-corrected chi connectivity index (χ1v) is 43.9. The monoisotopic (exact) mass is 1710 g/mol. The van der Waals surface area contributed by atoms with E-state index < -0.39 is 31.7 Å². The van der Waals surface area contributed by atoms with Gasteiger partial charge in [0.05, 0.1) is 22.1 Å². The molecule has 0 amide bonds. The Hall–Kier alpha value is -9.50. The Morgan fingerprint density at radius 3 is 0.571 bits per heavy atom. The zero-order valence-corrected chi connectivity index (χ0v) is 69.8. The van der Waals surface area contributed by atoms with Crippen molar-refractivity contribution in [2.45, 2.75) is 0 Å². The molecular formula is C96H82Cl4Cu2N4O2P4+4. The van der Waals surface area contributed by atoms with Gasteiger partial charge in [-0.3, -0.25) is 9.98 Å². The summed E-state index contributed by atoms with van der Waals surface area (Å²) in [5, 5.41) is 16.2. The number of ether oxygens (including phenoxy) is 2. The molecule has 0 unspecified atom stereocenters. The van der Waals surface area contributed by atoms with E-state index in [-0.39, 0.29) is 44.8 Å². The number of para-hydroxylation sites is 6. The molecule has 0 bridgehead atoms. The molecule has 14 aromatic carbocycles. The number of hydrogen-bond acceptors (Lipinski definition) is 4. The molecule has 564 valence electrons. The normalized spacial score (nSPS) is 10.5. The van der Waals surface area contributed by atoms with Crippen molar-refractivity contribution in [2.24, 2.45) is 9.98 Å². The molecule has 16 heteroatoms. The quantitative estimate of drug-likeness (QED) is 0.0330. The van der Waals surface area contributed by atoms with Crippen molar-refractivity contribution < 1.29 is 43.6 Å². The number of alkyl halides is 4. The second-order valence-corrected chi connectivity index (χ2v) is 35.5. The fourth-order valence-electron chi connectivity index (χ4n) is 12.1. The Morgan fingerprint density at radius 1 is 0.223 bits per heavy atom. The Morgan fingerprint density at radius 2 is 0.393 bits per heavy atom. The molecule has 16 rings (SSSR count). The smallest absolute Gasteiger partial charge is 0.663 e. The molecule has 0 aliphatic rings. The van der Waals surface area contributed by atoms with E-state index in [0.717, 1.165) is 45.8 Å². The summed E-state index contributed by atoms with van der Waals surface area (Å²) >= 11 is 19.1. The third-order valence-electron chi connectivity index (χ3n) is 16.9. The number of nitrogens with zero attached hydrogens (tertiary/aromatic N) is 4. The van der Waals surface area contributed by atoms with Crippen LogP contribution in [0.2, 0.25) is 0 Å². The third kappa shape index (κ3) is 26.3. The fourth-order valence-corrected chi connectivity index (χ4v) is 22.7. The van der Waals surface area contributed by atoms with Crippen molar-refractivity contribution >= 4 is 166 Å². The Balaban J connectivity index is 0.000000183. The summed E-state index contributed by atoms with van der Waals surface area (Å²) in [5.41, 5.74) is 3.68. The SMILES string of the molecule is C(=Nc1ccccc1)c1ccc[n-]1.C(=Nc1ccccc1)c1ccc[n-]1.ClCCl.ClCCl.[Cu+].[Cu+].c1ccc([PH+](c2ccccc2)c2ccccc2Oc2ccccc2[PH+](c2ccccc2)c2ccccc2)cc1.c1ccc([PH+](c2ccccc2)c2ccccc2Oc2ccccc2[PH+](c2ccccc2)c2ccccc2)cc1. The molecular weight excluding hydrogens is 1630 g/mol. The zero-order chi connectivity index (χ0) is 75.8. The van der Waals surface area contributed by atoms with E-state index in [1.165, 1.54) is 63.7 Å². The molecule has 2 aromatic heterocycles. The number of hydrogen-bond donors (Lipinski definition) is 0. The van der Waals surface area contributed by atoms with Gasteiger partial charge in [0.15, 0.2) is 23.0 Å². The first-order valence-electron chi connectivity index (χ1n) is 35.7. The minimum atomic E-state index is -1.28. The van der Waals surface area contributed by atoms with Crippen LogP contribution in [0.4, 0.5) is 11.4 Å². The maximum Gasteiger partial charge on any atom is 1.00 e. The van der Waals surface area contributed by atoms with E-state index in [4.69, 9.17) is 55.9 Å². The van der Waals surface area contributed by atoms with Crippen LogP contribution in [0, 0.1) is 0 Å². The van der Waals surface area contributed by atoms with Crippen LogP contribution in [0.5, 0.6) is 23.0 Å². The van der Waals surface area contributed by atoms with E-state index in [9.17, 15) is 0 Å². The van der Waals surface area contributed by atoms with Crippen molar-refractivity contribution in [2.75, 3.05) is 10.7 Å². The molecule has 0 aliphatic heterocycles. The fraction of sp³-hybridized carbons (Fsp3) is 0.0208. The largest absolute Gasteiger partial charge is 1.00 e. The van der Waals surface area contributed by atoms with Crippen molar-refractivity contribution in [1.82, 2.24) is 9.97 Å². The van der Waals surface area contributed by atoms with Gasteiger partial charge in [0.25, 0.3) is 0 Å². The molecule has 0 fully saturated rings. The molecule has 0 atom stereocenters. The average Bonchev–Trinajstić information content (AvgIpc) is 0.800. The van der Waals surface area contributed by atoms with Gasteiger partial charge < -0.3 is 19.4 Å². The summed E-state index contributed by atoms with van der Waals surface area (Å²) in [4.78, 5) is 16.7. The predicted octanol–water partition coefficient (Wildman–Crippen LogP) is 20.5. The van der Waals surface area contributed by atoms with Crippen LogP contribution in [0.3, 0.4) is 0 Å². The predicted molar refractivity (Wildman–Crippen MR) is 486 cm³/mol. The number of aromatic nitrogens is 2. The van der Waals surface area contributed by atoms with Crippen LogP contribution in [0.1, 0.15) is 11.4 Å². The van der Waals surface area contributed by atoms with E-state index in [2.05, 4.69) is 360 Å². The standard InChI is InChI=1S/2C36H28OP2.2C11H9N2.2CH2Cl2.2Cu/c2*1-5-17-29(18-6-1)38(30-19-7-2-8-20-30)35-27-15-13-25-33(35)37-34-26-14-16-28-36(34)39(31-21-9-3-10-22-31)32-23-11-4-12-24-32;2*1-2-5-10(6-3-1)13-9-11-7-4-8-12-11;2*2-1-3;;/h2*1-28H;2*1-9H;2*1H2;;/q;;2*-1;;;2*+1/p+4. The molecule has 0 saturated carbocycles. The topological polar surface area (TPSA) is 71.4 Å². The van der Waals surface area contributed by atoms with Gasteiger partial charge in [-0.05, 0) is 170 Å². The number of rotatable bonds is 20. The minimum absolute atomic E-state index is 0. The van der Waals surface area contributed by atoms with Gasteiger partial charge in [-0.15, -0.1) is 57.8 Å². The maximum absolute atomic E-state index is 6.94. The Labute approximate surface area is 705 Å². The van der Waals surface area contributed by atoms with Crippen LogP contribution >= 0.6 is 78.1 Å². The zero-order valence-electron chi connectivity index (χ0n) is 60.9. The first kappa shape index (κ1) is 86.5. The van der Waals surface area contributed by atoms with Crippen LogP contribution in [0.15, 0.2) is 447 Å². The summed E-state index contributed by atoms with van der Waals surface area (Å²) in [6, 6.07) is 148. The number of benzene rings is 14. The average molecular weight is 1720 g/mol. The second kappa shape index (κ2) is 49.1. The molecule has 0 aliphatic carbocycles.